The summed E-state index contributed by atoms with van der Waals surface area (Å²) in [5.41, 5.74) is 1.04. The molecule has 2 nitrogen and oxygen atoms in total. The smallest absolute Gasteiger partial charge is 0.137 e. The van der Waals surface area contributed by atoms with E-state index in [9.17, 15) is 4.39 Å². The molecule has 1 aliphatic rings. The van der Waals surface area contributed by atoms with Crippen LogP contribution >= 0.6 is 15.9 Å². The minimum absolute atomic E-state index is 0.169. The molecule has 0 spiro atoms. The third-order valence-corrected chi connectivity index (χ3v) is 4.79. The molecule has 0 aliphatic carbocycles. The molecule has 0 N–H and O–H groups in total. The lowest BCUT2D eigenvalue weighted by molar-refractivity contribution is 0.175. The first kappa shape index (κ1) is 14.9. The molecule has 1 fully saturated rings. The van der Waals surface area contributed by atoms with Crippen molar-refractivity contribution in [2.75, 3.05) is 26.7 Å². The molecule has 0 saturated carbocycles. The molecule has 19 heavy (non-hydrogen) atoms. The quantitative estimate of drug-likeness (QED) is 0.837. The molecule has 0 amide bonds. The van der Waals surface area contributed by atoms with E-state index in [1.807, 2.05) is 6.07 Å². The molecule has 2 rings (SSSR count). The van der Waals surface area contributed by atoms with Crippen molar-refractivity contribution in [3.63, 3.8) is 0 Å². The number of nitrogens with zero attached hydrogens (tertiary/aromatic N) is 2. The van der Waals surface area contributed by atoms with Gasteiger partial charge in [0.25, 0.3) is 0 Å². The van der Waals surface area contributed by atoms with E-state index in [1.54, 1.807) is 6.07 Å². The summed E-state index contributed by atoms with van der Waals surface area (Å²) in [6.45, 7) is 6.40. The maximum absolute atomic E-state index is 13.6. The van der Waals surface area contributed by atoms with E-state index >= 15 is 0 Å². The van der Waals surface area contributed by atoms with Crippen molar-refractivity contribution >= 4 is 15.9 Å². The van der Waals surface area contributed by atoms with Crippen LogP contribution in [0.3, 0.4) is 0 Å². The van der Waals surface area contributed by atoms with E-state index in [-0.39, 0.29) is 5.82 Å². The molecule has 4 heteroatoms. The fraction of sp³-hybridized carbons (Fsp3) is 0.600. The summed E-state index contributed by atoms with van der Waals surface area (Å²) in [7, 11) is 2.18. The summed E-state index contributed by atoms with van der Waals surface area (Å²) >= 11 is 3.37. The Kier molecular flexibility index (Phi) is 5.37. The second-order valence-electron chi connectivity index (χ2n) is 5.36. The van der Waals surface area contributed by atoms with E-state index < -0.39 is 0 Å². The van der Waals surface area contributed by atoms with Crippen LogP contribution in [0.1, 0.15) is 25.3 Å². The minimum atomic E-state index is -0.169. The van der Waals surface area contributed by atoms with Gasteiger partial charge in [0.2, 0.25) is 0 Å². The van der Waals surface area contributed by atoms with Crippen molar-refractivity contribution in [3.05, 3.63) is 34.1 Å². The number of benzene rings is 1. The standard InChI is InChI=1S/C15H22BrFN2/c1-3-13-11-18(2)8-5-9-19(13)10-12-6-4-7-14(17)15(12)16/h4,6-7,13H,3,5,8-11H2,1-2H3. The number of likely N-dealkylation sites (N-methyl/N-ethyl adjacent to an activating group) is 1. The monoisotopic (exact) mass is 328 g/mol. The highest BCUT2D eigenvalue weighted by Gasteiger charge is 2.22. The molecular formula is C15H22BrFN2. The zero-order valence-corrected chi connectivity index (χ0v) is 13.3. The second-order valence-corrected chi connectivity index (χ2v) is 6.15. The summed E-state index contributed by atoms with van der Waals surface area (Å²) in [6.07, 6.45) is 2.32. The van der Waals surface area contributed by atoms with Gasteiger partial charge in [-0.2, -0.15) is 0 Å². The molecule has 1 heterocycles. The Hall–Kier alpha value is -0.450. The van der Waals surface area contributed by atoms with Crippen molar-refractivity contribution in [1.29, 1.82) is 0 Å². The van der Waals surface area contributed by atoms with Gasteiger partial charge in [0.15, 0.2) is 0 Å². The predicted octanol–water partition coefficient (Wildman–Crippen LogP) is 3.50. The lowest BCUT2D eigenvalue weighted by Crippen LogP contribution is -2.39. The summed E-state index contributed by atoms with van der Waals surface area (Å²) in [6, 6.07) is 5.86. The topological polar surface area (TPSA) is 6.48 Å². The van der Waals surface area contributed by atoms with Crippen LogP contribution in [-0.2, 0) is 6.54 Å². The van der Waals surface area contributed by atoms with Gasteiger partial charge in [-0.3, -0.25) is 4.90 Å². The minimum Gasteiger partial charge on any atom is -0.305 e. The van der Waals surface area contributed by atoms with Gasteiger partial charge in [0, 0.05) is 25.7 Å². The van der Waals surface area contributed by atoms with E-state index in [0.29, 0.717) is 10.5 Å². The van der Waals surface area contributed by atoms with Gasteiger partial charge in [-0.1, -0.05) is 19.1 Å². The molecule has 106 valence electrons. The average Bonchev–Trinajstić information content (AvgIpc) is 2.57. The average molecular weight is 329 g/mol. The van der Waals surface area contributed by atoms with Crippen LogP contribution in [0.15, 0.2) is 22.7 Å². The van der Waals surface area contributed by atoms with Crippen molar-refractivity contribution < 1.29 is 4.39 Å². The van der Waals surface area contributed by atoms with Gasteiger partial charge >= 0.3 is 0 Å². The molecule has 0 radical (unpaired) electrons. The number of hydrogen-bond acceptors (Lipinski definition) is 2. The van der Waals surface area contributed by atoms with Crippen molar-refractivity contribution in [2.24, 2.45) is 0 Å². The molecule has 1 aliphatic heterocycles. The largest absolute Gasteiger partial charge is 0.305 e. The van der Waals surface area contributed by atoms with Crippen LogP contribution in [0.4, 0.5) is 4.39 Å². The first-order chi connectivity index (χ1) is 9.11. The first-order valence-electron chi connectivity index (χ1n) is 6.97. The molecule has 1 atom stereocenters. The van der Waals surface area contributed by atoms with Crippen molar-refractivity contribution in [3.8, 4) is 0 Å². The molecule has 1 saturated heterocycles. The third kappa shape index (κ3) is 3.77. The number of rotatable bonds is 3. The van der Waals surface area contributed by atoms with E-state index in [2.05, 4.69) is 39.7 Å². The van der Waals surface area contributed by atoms with Crippen LogP contribution in [0, 0.1) is 5.82 Å². The fourth-order valence-corrected chi connectivity index (χ4v) is 3.17. The predicted molar refractivity (Wildman–Crippen MR) is 80.7 cm³/mol. The van der Waals surface area contributed by atoms with Crippen molar-refractivity contribution in [2.45, 2.75) is 32.4 Å². The Morgan fingerprint density at radius 3 is 2.89 bits per heavy atom. The molecule has 1 aromatic carbocycles. The fourth-order valence-electron chi connectivity index (χ4n) is 2.78. The van der Waals surface area contributed by atoms with Crippen LogP contribution in [-0.4, -0.2) is 42.5 Å². The van der Waals surface area contributed by atoms with Crippen LogP contribution < -0.4 is 0 Å². The highest BCUT2D eigenvalue weighted by Crippen LogP contribution is 2.24. The Bertz CT molecular complexity index is 425. The van der Waals surface area contributed by atoms with Gasteiger partial charge in [0.1, 0.15) is 5.82 Å². The molecular weight excluding hydrogens is 307 g/mol. The molecule has 1 unspecified atom stereocenters. The van der Waals surface area contributed by atoms with Crippen LogP contribution in [0.25, 0.3) is 0 Å². The zero-order valence-electron chi connectivity index (χ0n) is 11.7. The van der Waals surface area contributed by atoms with Crippen LogP contribution in [0.2, 0.25) is 0 Å². The lowest BCUT2D eigenvalue weighted by Gasteiger charge is -2.30. The molecule has 0 aromatic heterocycles. The third-order valence-electron chi connectivity index (χ3n) is 3.90. The Labute approximate surface area is 123 Å². The summed E-state index contributed by atoms with van der Waals surface area (Å²) in [5, 5.41) is 0. The summed E-state index contributed by atoms with van der Waals surface area (Å²) < 4.78 is 14.2. The van der Waals surface area contributed by atoms with Gasteiger partial charge in [-0.15, -0.1) is 0 Å². The van der Waals surface area contributed by atoms with Crippen LogP contribution in [0.5, 0.6) is 0 Å². The van der Waals surface area contributed by atoms with Gasteiger partial charge in [-0.05, 0) is 54.0 Å². The van der Waals surface area contributed by atoms with Gasteiger partial charge in [-0.25, -0.2) is 4.39 Å². The van der Waals surface area contributed by atoms with E-state index in [1.165, 1.54) is 12.5 Å². The van der Waals surface area contributed by atoms with Gasteiger partial charge in [0.05, 0.1) is 4.47 Å². The summed E-state index contributed by atoms with van der Waals surface area (Å²) in [4.78, 5) is 4.89. The first-order valence-corrected chi connectivity index (χ1v) is 7.76. The van der Waals surface area contributed by atoms with Crippen molar-refractivity contribution in [1.82, 2.24) is 9.80 Å². The number of halogens is 2. The molecule has 1 aromatic rings. The Morgan fingerprint density at radius 1 is 1.37 bits per heavy atom. The highest BCUT2D eigenvalue weighted by atomic mass is 79.9. The SMILES string of the molecule is CCC1CN(C)CCCN1Cc1cccc(F)c1Br. The second kappa shape index (κ2) is 6.82. The van der Waals surface area contributed by atoms with Gasteiger partial charge < -0.3 is 4.90 Å². The normalized spacial score (nSPS) is 22.4. The Morgan fingerprint density at radius 2 is 2.16 bits per heavy atom. The van der Waals surface area contributed by atoms with E-state index in [4.69, 9.17) is 0 Å². The molecule has 0 bridgehead atoms. The zero-order chi connectivity index (χ0) is 13.8. The number of hydrogen-bond donors (Lipinski definition) is 0. The summed E-state index contributed by atoms with van der Waals surface area (Å²) in [5.74, 6) is -0.169. The Balaban J connectivity index is 2.13. The maximum Gasteiger partial charge on any atom is 0.137 e. The highest BCUT2D eigenvalue weighted by molar-refractivity contribution is 9.10. The lowest BCUT2D eigenvalue weighted by atomic mass is 10.1. The van der Waals surface area contributed by atoms with E-state index in [0.717, 1.165) is 38.2 Å². The maximum atomic E-state index is 13.6.